The van der Waals surface area contributed by atoms with Crippen molar-refractivity contribution in [3.05, 3.63) is 170 Å². The lowest BCUT2D eigenvalue weighted by Crippen LogP contribution is -2.47. The molecular formula is C40H39N3O8P3+3. The summed E-state index contributed by atoms with van der Waals surface area (Å²) < 4.78 is 41.8. The molecule has 54 heavy (non-hydrogen) atoms. The van der Waals surface area contributed by atoms with Gasteiger partial charge in [0.05, 0.1) is 4.86 Å². The van der Waals surface area contributed by atoms with Crippen LogP contribution in [0.4, 0.5) is 0 Å². The minimum atomic E-state index is -3.66. The molecule has 0 bridgehead atoms. The number of phenols is 2. The number of nitrogens with one attached hydrogen (secondary N) is 3. The topological polar surface area (TPSA) is 132 Å². The van der Waals surface area contributed by atoms with Crippen molar-refractivity contribution in [1.29, 1.82) is 0 Å². The molecule has 2 aliphatic rings. The first kappa shape index (κ1) is 35.9. The van der Waals surface area contributed by atoms with E-state index in [1.165, 1.54) is 18.2 Å². The highest BCUT2D eigenvalue weighted by Gasteiger charge is 2.91. The van der Waals surface area contributed by atoms with E-state index < -0.39 is 40.9 Å². The van der Waals surface area contributed by atoms with Gasteiger partial charge in [-0.15, -0.1) is 5.09 Å². The summed E-state index contributed by atoms with van der Waals surface area (Å²) in [5.74, 6) is 0.971. The second kappa shape index (κ2) is 15.3. The number of fused-ring (bicyclic) bond motifs is 1. The van der Waals surface area contributed by atoms with E-state index >= 15 is 0 Å². The van der Waals surface area contributed by atoms with Crippen LogP contribution >= 0.6 is 23.5 Å². The zero-order valence-electron chi connectivity index (χ0n) is 29.1. The Hall–Kier alpha value is -5.11. The Morgan fingerprint density at radius 1 is 0.463 bits per heavy atom. The quantitative estimate of drug-likeness (QED) is 0.0761. The van der Waals surface area contributed by atoms with Crippen molar-refractivity contribution in [3.63, 3.8) is 0 Å². The van der Waals surface area contributed by atoms with E-state index in [2.05, 4.69) is 15.0 Å². The summed E-state index contributed by atoms with van der Waals surface area (Å²) in [7, 11) is -10.2. The van der Waals surface area contributed by atoms with Crippen LogP contribution in [-0.4, -0.2) is 27.6 Å². The monoisotopic (exact) mass is 782 g/mol. The normalized spacial score (nSPS) is 24.1. The molecule has 0 aromatic heterocycles. The standard InChI is InChI=1S/C40H37N3O8P3/c1-30-41-52(47-34-19-9-3-10-20-34)39(40(52)46-33-17-7-2-8-18-33)42-54(50-36-23-13-5-14-24-36,51-37-25-15-6-16-26-37)43-53(30,48-35-21-11-4-12-22-35)49-38-28-31(44)27-32(45)29-38/h2-30,39-43H,1H3/q+1/p+2. The van der Waals surface area contributed by atoms with E-state index in [9.17, 15) is 10.2 Å². The van der Waals surface area contributed by atoms with Crippen LogP contribution in [0.3, 0.4) is 0 Å². The molecule has 0 amide bonds. The van der Waals surface area contributed by atoms with Crippen molar-refractivity contribution < 1.29 is 37.6 Å². The summed E-state index contributed by atoms with van der Waals surface area (Å²) in [4.78, 5) is 3.69. The van der Waals surface area contributed by atoms with E-state index in [-0.39, 0.29) is 17.2 Å². The summed E-state index contributed by atoms with van der Waals surface area (Å²) in [6.45, 7) is 1.95. The molecule has 2 saturated heterocycles. The van der Waals surface area contributed by atoms with Gasteiger partial charge in [-0.25, -0.2) is 0 Å². The summed E-state index contributed by atoms with van der Waals surface area (Å²) in [5.41, 5.74) is 0. The van der Waals surface area contributed by atoms with Crippen LogP contribution in [0.25, 0.3) is 0 Å². The van der Waals surface area contributed by atoms with E-state index in [0.29, 0.717) is 28.7 Å². The molecule has 6 aromatic carbocycles. The van der Waals surface area contributed by atoms with Gasteiger partial charge in [0.2, 0.25) is 5.78 Å². The maximum atomic E-state index is 10.6. The summed E-state index contributed by atoms with van der Waals surface area (Å²) in [6.07, 6.45) is 0. The molecule has 2 aliphatic heterocycles. The van der Waals surface area contributed by atoms with Crippen LogP contribution in [0.5, 0.6) is 46.0 Å². The molecule has 0 radical (unpaired) electrons. The maximum absolute atomic E-state index is 10.6. The highest BCUT2D eigenvalue weighted by Crippen LogP contribution is 2.86. The lowest BCUT2D eigenvalue weighted by Gasteiger charge is -2.33. The van der Waals surface area contributed by atoms with Gasteiger partial charge in [-0.1, -0.05) is 96.1 Å². The van der Waals surface area contributed by atoms with Crippen molar-refractivity contribution in [2.45, 2.75) is 24.3 Å². The number of hydrogen-bond acceptors (Lipinski definition) is 11. The zero-order chi connectivity index (χ0) is 37.0. The molecule has 5 unspecified atom stereocenters. The van der Waals surface area contributed by atoms with E-state index in [1.807, 2.05) is 159 Å². The smallest absolute Gasteiger partial charge is 0.508 e. The Labute approximate surface area is 315 Å². The summed E-state index contributed by atoms with van der Waals surface area (Å²) in [5, 5.41) is 28.8. The lowest BCUT2D eigenvalue weighted by atomic mass is 10.3. The molecule has 5 atom stereocenters. The fourth-order valence-corrected chi connectivity index (χ4v) is 17.1. The van der Waals surface area contributed by atoms with Gasteiger partial charge >= 0.3 is 29.4 Å². The van der Waals surface area contributed by atoms with Crippen molar-refractivity contribution >= 4 is 23.5 Å². The predicted octanol–water partition coefficient (Wildman–Crippen LogP) is 9.95. The summed E-state index contributed by atoms with van der Waals surface area (Å²) in [6, 6.07) is 51.2. The van der Waals surface area contributed by atoms with Crippen molar-refractivity contribution in [1.82, 2.24) is 15.0 Å². The Bertz CT molecular complexity index is 2090. The second-order valence-corrected chi connectivity index (χ2v) is 20.3. The number of ether oxygens (including phenoxy) is 1. The molecule has 0 saturated carbocycles. The van der Waals surface area contributed by atoms with Crippen LogP contribution < -0.4 is 42.4 Å². The molecule has 2 fully saturated rings. The number of hydrogen-bond donors (Lipinski definition) is 5. The minimum Gasteiger partial charge on any atom is -0.508 e. The molecule has 8 rings (SSSR count). The molecule has 11 nitrogen and oxygen atoms in total. The molecule has 274 valence electrons. The van der Waals surface area contributed by atoms with Crippen LogP contribution in [0.2, 0.25) is 0 Å². The van der Waals surface area contributed by atoms with Gasteiger partial charge in [0.1, 0.15) is 17.2 Å². The van der Waals surface area contributed by atoms with E-state index in [4.69, 9.17) is 27.4 Å². The number of phenolic OH excluding ortho intramolecular Hbond substituents is 2. The van der Waals surface area contributed by atoms with Crippen LogP contribution in [-0.2, 0) is 0 Å². The first-order chi connectivity index (χ1) is 26.3. The molecule has 5 N–H and O–H groups in total. The van der Waals surface area contributed by atoms with Gasteiger partial charge in [-0.05, 0) is 67.6 Å². The van der Waals surface area contributed by atoms with Gasteiger partial charge in [-0.3, -0.25) is 18.1 Å². The third-order valence-corrected chi connectivity index (χ3v) is 18.1. The molecular weight excluding hydrogens is 743 g/mol. The zero-order valence-corrected chi connectivity index (χ0v) is 31.8. The molecule has 0 aliphatic carbocycles. The third kappa shape index (κ3) is 7.89. The second-order valence-electron chi connectivity index (χ2n) is 12.6. The number of para-hydroxylation sites is 5. The minimum absolute atomic E-state index is 0.150. The van der Waals surface area contributed by atoms with E-state index in [0.717, 1.165) is 0 Å². The number of rotatable bonds is 12. The van der Waals surface area contributed by atoms with Crippen LogP contribution in [0.1, 0.15) is 6.92 Å². The predicted molar refractivity (Wildman–Crippen MR) is 213 cm³/mol. The first-order valence-electron chi connectivity index (χ1n) is 17.3. The maximum Gasteiger partial charge on any atom is 0.562 e. The fraction of sp³-hybridized carbons (Fsp3) is 0.100. The van der Waals surface area contributed by atoms with Gasteiger partial charge in [0.25, 0.3) is 5.78 Å². The Morgan fingerprint density at radius 2 is 0.870 bits per heavy atom. The largest absolute Gasteiger partial charge is 0.562 e. The Kier molecular flexibility index (Phi) is 10.2. The van der Waals surface area contributed by atoms with Gasteiger partial charge in [-0.2, -0.15) is 0 Å². The van der Waals surface area contributed by atoms with Crippen LogP contribution in [0.15, 0.2) is 170 Å². The van der Waals surface area contributed by atoms with Crippen LogP contribution in [0, 0.1) is 0 Å². The first-order valence-corrected chi connectivity index (χ1v) is 22.4. The average molecular weight is 783 g/mol. The van der Waals surface area contributed by atoms with E-state index in [1.54, 1.807) is 0 Å². The fourth-order valence-electron chi connectivity index (χ4n) is 6.01. The molecule has 0 spiro atoms. The SMILES string of the molecule is CC1N[P+]2(Oc3ccccc3)C(N[P+](Oc3ccccc3)(Oc3ccccc3)N[P+]1(Oc1ccccc1)Oc1cc(O)cc(O)c1)C2Oc1ccccc1. The summed E-state index contributed by atoms with van der Waals surface area (Å²) >= 11 is 0. The van der Waals surface area contributed by atoms with Crippen molar-refractivity contribution in [2.75, 3.05) is 0 Å². The van der Waals surface area contributed by atoms with Crippen molar-refractivity contribution in [2.24, 2.45) is 0 Å². The average Bonchev–Trinajstić information content (AvgIpc) is 3.72. The molecule has 2 heterocycles. The lowest BCUT2D eigenvalue weighted by molar-refractivity contribution is 0.303. The third-order valence-electron chi connectivity index (χ3n) is 8.50. The van der Waals surface area contributed by atoms with Gasteiger partial charge < -0.3 is 19.5 Å². The Morgan fingerprint density at radius 3 is 1.35 bits per heavy atom. The Balaban J connectivity index is 1.34. The number of benzene rings is 6. The highest BCUT2D eigenvalue weighted by atomic mass is 31.3. The van der Waals surface area contributed by atoms with Gasteiger partial charge in [0.15, 0.2) is 28.7 Å². The van der Waals surface area contributed by atoms with Crippen molar-refractivity contribution in [3.8, 4) is 46.0 Å². The highest BCUT2D eigenvalue weighted by molar-refractivity contribution is 7.84. The molecule has 14 heteroatoms. The number of aromatic hydroxyl groups is 2. The molecule has 6 aromatic rings. The van der Waals surface area contributed by atoms with Gasteiger partial charge in [0, 0.05) is 18.2 Å².